The molecule has 4 aliphatic heterocycles. The fourth-order valence-electron chi connectivity index (χ4n) is 4.76. The summed E-state index contributed by atoms with van der Waals surface area (Å²) < 4.78 is 16.6. The zero-order valence-corrected chi connectivity index (χ0v) is 15.1. The maximum absolute atomic E-state index is 11.8. The van der Waals surface area contributed by atoms with Crippen molar-refractivity contribution >= 4 is 11.8 Å². The quantitative estimate of drug-likeness (QED) is 0.804. The van der Waals surface area contributed by atoms with Gasteiger partial charge in [0.2, 0.25) is 6.79 Å². The van der Waals surface area contributed by atoms with Gasteiger partial charge in [-0.3, -0.25) is 4.90 Å². The molecular weight excluding hydrogens is 334 g/mol. The molecule has 3 saturated heterocycles. The van der Waals surface area contributed by atoms with E-state index in [1.807, 2.05) is 13.1 Å². The van der Waals surface area contributed by atoms with Crippen LogP contribution >= 0.6 is 0 Å². The van der Waals surface area contributed by atoms with Crippen molar-refractivity contribution in [3.05, 3.63) is 18.2 Å². The molecule has 0 aromatic heterocycles. The predicted molar refractivity (Wildman–Crippen MR) is 95.8 cm³/mol. The van der Waals surface area contributed by atoms with E-state index in [4.69, 9.17) is 14.2 Å². The highest BCUT2D eigenvalue weighted by Gasteiger charge is 2.49. The van der Waals surface area contributed by atoms with E-state index in [-0.39, 0.29) is 11.7 Å². The van der Waals surface area contributed by atoms with Crippen molar-refractivity contribution in [1.29, 1.82) is 0 Å². The number of rotatable bonds is 2. The van der Waals surface area contributed by atoms with Crippen LogP contribution in [0.15, 0.2) is 18.2 Å². The van der Waals surface area contributed by atoms with Gasteiger partial charge < -0.3 is 24.0 Å². The van der Waals surface area contributed by atoms with E-state index in [9.17, 15) is 4.79 Å². The lowest BCUT2D eigenvalue weighted by molar-refractivity contribution is 0.0566. The number of likely N-dealkylation sites (N-methyl/N-ethyl adjacent to an activating group) is 1. The van der Waals surface area contributed by atoms with Crippen LogP contribution < -0.4 is 14.4 Å². The van der Waals surface area contributed by atoms with Gasteiger partial charge >= 0.3 is 6.09 Å². The summed E-state index contributed by atoms with van der Waals surface area (Å²) in [5.74, 6) is 1.68. The first-order valence-electron chi connectivity index (χ1n) is 9.45. The van der Waals surface area contributed by atoms with Gasteiger partial charge in [-0.25, -0.2) is 4.79 Å². The van der Waals surface area contributed by atoms with Gasteiger partial charge in [0.05, 0.1) is 6.54 Å². The van der Waals surface area contributed by atoms with Crippen LogP contribution in [0.1, 0.15) is 19.3 Å². The number of likely N-dealkylation sites (tertiary alicyclic amines) is 1. The summed E-state index contributed by atoms with van der Waals surface area (Å²) in [7, 11) is 1.82. The number of carbonyl (C=O) groups is 1. The third-order valence-corrected chi connectivity index (χ3v) is 6.19. The summed E-state index contributed by atoms with van der Waals surface area (Å²) in [6.07, 6.45) is 3.04. The van der Waals surface area contributed by atoms with Crippen LogP contribution in [0.4, 0.5) is 10.5 Å². The summed E-state index contributed by atoms with van der Waals surface area (Å²) in [5.41, 5.74) is 0.928. The minimum absolute atomic E-state index is 0.176. The lowest BCUT2D eigenvalue weighted by Crippen LogP contribution is -2.46. The molecule has 0 N–H and O–H groups in total. The Hall–Kier alpha value is -2.15. The number of nitrogens with zero attached hydrogens (tertiary/aromatic N) is 3. The van der Waals surface area contributed by atoms with Crippen molar-refractivity contribution < 1.29 is 19.0 Å². The van der Waals surface area contributed by atoms with Crippen molar-refractivity contribution in [2.75, 3.05) is 51.5 Å². The number of anilines is 1. The molecule has 0 saturated carbocycles. The predicted octanol–water partition coefficient (Wildman–Crippen LogP) is 1.91. The molecule has 5 rings (SSSR count). The van der Waals surface area contributed by atoms with Crippen LogP contribution in [0.5, 0.6) is 11.5 Å². The van der Waals surface area contributed by atoms with E-state index in [1.165, 1.54) is 5.69 Å². The van der Waals surface area contributed by atoms with Gasteiger partial charge in [0.15, 0.2) is 11.5 Å². The second kappa shape index (κ2) is 5.94. The molecule has 1 aromatic rings. The van der Waals surface area contributed by atoms with Gasteiger partial charge in [-0.05, 0) is 25.0 Å². The van der Waals surface area contributed by atoms with Crippen molar-refractivity contribution in [2.45, 2.75) is 30.9 Å². The van der Waals surface area contributed by atoms with Gasteiger partial charge in [0, 0.05) is 57.4 Å². The molecule has 4 heterocycles. The van der Waals surface area contributed by atoms with Crippen LogP contribution in [0.3, 0.4) is 0 Å². The first kappa shape index (κ1) is 16.1. The van der Waals surface area contributed by atoms with Crippen molar-refractivity contribution in [3.8, 4) is 11.5 Å². The molecular formula is C19H25N3O4. The summed E-state index contributed by atoms with van der Waals surface area (Å²) in [6.45, 7) is 5.00. The Bertz CT molecular complexity index is 719. The fraction of sp³-hybridized carbons (Fsp3) is 0.632. The highest BCUT2D eigenvalue weighted by Crippen LogP contribution is 2.37. The second-order valence-corrected chi connectivity index (χ2v) is 7.88. The maximum Gasteiger partial charge on any atom is 0.410 e. The zero-order chi connectivity index (χ0) is 17.7. The molecule has 4 aliphatic rings. The number of ether oxygens (including phenoxy) is 3. The molecule has 1 aromatic carbocycles. The molecule has 26 heavy (non-hydrogen) atoms. The van der Waals surface area contributed by atoms with Gasteiger partial charge in [-0.1, -0.05) is 0 Å². The average Bonchev–Trinajstić information content (AvgIpc) is 3.34. The molecule has 7 nitrogen and oxygen atoms in total. The number of carbonyl (C=O) groups excluding carboxylic acids is 1. The van der Waals surface area contributed by atoms with Gasteiger partial charge in [0.1, 0.15) is 5.60 Å². The number of piperidine rings is 1. The van der Waals surface area contributed by atoms with Crippen LogP contribution in [-0.4, -0.2) is 74.1 Å². The number of amides is 1. The van der Waals surface area contributed by atoms with Gasteiger partial charge in [0.25, 0.3) is 0 Å². The summed E-state index contributed by atoms with van der Waals surface area (Å²) in [4.78, 5) is 18.4. The molecule has 1 unspecified atom stereocenters. The monoisotopic (exact) mass is 359 g/mol. The minimum atomic E-state index is -0.277. The van der Waals surface area contributed by atoms with Crippen LogP contribution in [0.2, 0.25) is 0 Å². The molecule has 0 aliphatic carbocycles. The number of hydrogen-bond donors (Lipinski definition) is 0. The third kappa shape index (κ3) is 2.65. The number of benzene rings is 1. The average molecular weight is 359 g/mol. The van der Waals surface area contributed by atoms with Gasteiger partial charge in [-0.2, -0.15) is 0 Å². The Morgan fingerprint density at radius 1 is 1.08 bits per heavy atom. The molecule has 0 radical (unpaired) electrons. The summed E-state index contributed by atoms with van der Waals surface area (Å²) in [6, 6.07) is 6.77. The van der Waals surface area contributed by atoms with E-state index in [0.29, 0.717) is 12.8 Å². The summed E-state index contributed by atoms with van der Waals surface area (Å²) in [5, 5.41) is 0. The lowest BCUT2D eigenvalue weighted by Gasteiger charge is -2.38. The van der Waals surface area contributed by atoms with Crippen molar-refractivity contribution in [1.82, 2.24) is 9.80 Å². The largest absolute Gasteiger partial charge is 0.454 e. The Morgan fingerprint density at radius 3 is 2.65 bits per heavy atom. The molecule has 3 fully saturated rings. The molecule has 1 spiro atoms. The van der Waals surface area contributed by atoms with E-state index >= 15 is 0 Å². The Morgan fingerprint density at radius 2 is 1.88 bits per heavy atom. The first-order valence-corrected chi connectivity index (χ1v) is 9.45. The second-order valence-electron chi connectivity index (χ2n) is 7.88. The number of hydrogen-bond acceptors (Lipinski definition) is 6. The van der Waals surface area contributed by atoms with E-state index in [2.05, 4.69) is 21.9 Å². The first-order chi connectivity index (χ1) is 12.6. The minimum Gasteiger partial charge on any atom is -0.454 e. The van der Waals surface area contributed by atoms with Gasteiger partial charge in [-0.15, -0.1) is 0 Å². The van der Waals surface area contributed by atoms with Crippen LogP contribution in [-0.2, 0) is 4.74 Å². The van der Waals surface area contributed by atoms with E-state index in [1.54, 1.807) is 4.90 Å². The zero-order valence-electron chi connectivity index (χ0n) is 15.1. The third-order valence-electron chi connectivity index (χ3n) is 6.19. The Kier molecular flexibility index (Phi) is 3.67. The number of fused-ring (bicyclic) bond motifs is 1. The fourth-order valence-corrected chi connectivity index (χ4v) is 4.76. The molecule has 0 bridgehead atoms. The molecule has 1 amide bonds. The van der Waals surface area contributed by atoms with Crippen LogP contribution in [0.25, 0.3) is 0 Å². The highest BCUT2D eigenvalue weighted by molar-refractivity contribution is 5.70. The highest BCUT2D eigenvalue weighted by atomic mass is 16.7. The Labute approximate surface area is 153 Å². The van der Waals surface area contributed by atoms with Crippen molar-refractivity contribution in [3.63, 3.8) is 0 Å². The lowest BCUT2D eigenvalue weighted by atomic mass is 10.0. The van der Waals surface area contributed by atoms with Crippen molar-refractivity contribution in [2.24, 2.45) is 0 Å². The normalized spacial score (nSPS) is 29.0. The SMILES string of the molecule is CN1CC2(CCN(C3CCN(c4ccc5c(c4)OCO5)CC3)C2)OC1=O. The topological polar surface area (TPSA) is 54.5 Å². The molecule has 140 valence electrons. The maximum atomic E-state index is 11.8. The van der Waals surface area contributed by atoms with E-state index < -0.39 is 0 Å². The van der Waals surface area contributed by atoms with E-state index in [0.717, 1.165) is 63.5 Å². The Balaban J connectivity index is 1.20. The van der Waals surface area contributed by atoms with Crippen LogP contribution in [0, 0.1) is 0 Å². The summed E-state index contributed by atoms with van der Waals surface area (Å²) >= 11 is 0. The molecule has 1 atom stereocenters. The standard InChI is InChI=1S/C19H25N3O4/c1-20-11-19(26-18(20)23)6-9-22(12-19)14-4-7-21(8-5-14)15-2-3-16-17(10-15)25-13-24-16/h2-3,10,14H,4-9,11-13H2,1H3. The molecule has 7 heteroatoms. The smallest absolute Gasteiger partial charge is 0.410 e.